The van der Waals surface area contributed by atoms with Gasteiger partial charge in [-0.2, -0.15) is 0 Å². The molecule has 5 heteroatoms. The van der Waals surface area contributed by atoms with Gasteiger partial charge in [-0.1, -0.05) is 17.7 Å². The SMILES string of the molecule is Cc1ccc(Cl)c(OCCCCN2CCN(C)CC2)c1C.Cl. The van der Waals surface area contributed by atoms with Crippen LogP contribution in [0.15, 0.2) is 12.1 Å². The average Bonchev–Trinajstić information content (AvgIpc) is 2.48. The zero-order valence-electron chi connectivity index (χ0n) is 13.9. The molecule has 0 saturated carbocycles. The number of piperazine rings is 1. The summed E-state index contributed by atoms with van der Waals surface area (Å²) in [6.45, 7) is 10.9. The number of rotatable bonds is 6. The van der Waals surface area contributed by atoms with E-state index in [1.54, 1.807) is 0 Å². The van der Waals surface area contributed by atoms with Gasteiger partial charge in [-0.3, -0.25) is 0 Å². The van der Waals surface area contributed by atoms with Crippen LogP contribution in [0, 0.1) is 13.8 Å². The van der Waals surface area contributed by atoms with E-state index in [1.807, 2.05) is 12.1 Å². The van der Waals surface area contributed by atoms with Gasteiger partial charge in [-0.15, -0.1) is 12.4 Å². The first-order valence-electron chi connectivity index (χ1n) is 7.87. The summed E-state index contributed by atoms with van der Waals surface area (Å²) >= 11 is 6.21. The number of hydrogen-bond acceptors (Lipinski definition) is 3. The van der Waals surface area contributed by atoms with E-state index in [9.17, 15) is 0 Å². The quantitative estimate of drug-likeness (QED) is 0.729. The van der Waals surface area contributed by atoms with Crippen molar-refractivity contribution in [3.05, 3.63) is 28.3 Å². The maximum Gasteiger partial charge on any atom is 0.141 e. The van der Waals surface area contributed by atoms with Crippen molar-refractivity contribution in [1.82, 2.24) is 9.80 Å². The number of aryl methyl sites for hydroxylation is 1. The van der Waals surface area contributed by atoms with E-state index < -0.39 is 0 Å². The van der Waals surface area contributed by atoms with Gasteiger partial charge in [0.05, 0.1) is 11.6 Å². The van der Waals surface area contributed by atoms with E-state index in [2.05, 4.69) is 30.7 Å². The Balaban J connectivity index is 0.00000242. The Morgan fingerprint density at radius 1 is 1.09 bits per heavy atom. The molecular formula is C17H28Cl2N2O. The summed E-state index contributed by atoms with van der Waals surface area (Å²) < 4.78 is 5.90. The lowest BCUT2D eigenvalue weighted by Gasteiger charge is -2.32. The van der Waals surface area contributed by atoms with E-state index >= 15 is 0 Å². The molecule has 0 bridgehead atoms. The van der Waals surface area contributed by atoms with Crippen molar-refractivity contribution in [2.45, 2.75) is 26.7 Å². The molecule has 0 amide bonds. The van der Waals surface area contributed by atoms with E-state index in [0.717, 1.165) is 29.4 Å². The number of ether oxygens (including phenoxy) is 1. The van der Waals surface area contributed by atoms with Gasteiger partial charge in [0.15, 0.2) is 0 Å². The van der Waals surface area contributed by atoms with Gasteiger partial charge >= 0.3 is 0 Å². The van der Waals surface area contributed by atoms with Gasteiger partial charge in [0.2, 0.25) is 0 Å². The molecule has 1 aliphatic heterocycles. The molecule has 1 heterocycles. The second-order valence-corrected chi connectivity index (χ2v) is 6.43. The summed E-state index contributed by atoms with van der Waals surface area (Å²) in [5.41, 5.74) is 2.38. The van der Waals surface area contributed by atoms with Crippen LogP contribution in [-0.2, 0) is 0 Å². The Hall–Kier alpha value is -0.480. The van der Waals surface area contributed by atoms with Crippen molar-refractivity contribution >= 4 is 24.0 Å². The van der Waals surface area contributed by atoms with Crippen LogP contribution >= 0.6 is 24.0 Å². The standard InChI is InChI=1S/C17H27ClN2O.ClH/c1-14-6-7-16(18)17(15(14)2)21-13-5-4-8-20-11-9-19(3)10-12-20;/h6-7H,4-5,8-13H2,1-3H3;1H. The van der Waals surface area contributed by atoms with Crippen molar-refractivity contribution in [1.29, 1.82) is 0 Å². The first kappa shape index (κ1) is 19.6. The third-order valence-electron chi connectivity index (χ3n) is 4.34. The molecule has 0 unspecified atom stereocenters. The molecule has 0 N–H and O–H groups in total. The van der Waals surface area contributed by atoms with Gasteiger partial charge in [0.25, 0.3) is 0 Å². The van der Waals surface area contributed by atoms with Gasteiger partial charge in [-0.25, -0.2) is 0 Å². The van der Waals surface area contributed by atoms with Gasteiger partial charge in [0, 0.05) is 26.2 Å². The second kappa shape index (κ2) is 9.61. The number of hydrogen-bond donors (Lipinski definition) is 0. The summed E-state index contributed by atoms with van der Waals surface area (Å²) in [5, 5.41) is 0.720. The van der Waals surface area contributed by atoms with Crippen LogP contribution in [0.3, 0.4) is 0 Å². The molecule has 126 valence electrons. The Bertz CT molecular complexity index is 460. The van der Waals surface area contributed by atoms with Crippen molar-refractivity contribution in [2.75, 3.05) is 46.4 Å². The number of halogens is 2. The van der Waals surface area contributed by atoms with Crippen LogP contribution in [0.2, 0.25) is 5.02 Å². The molecule has 0 aliphatic carbocycles. The topological polar surface area (TPSA) is 15.7 Å². The van der Waals surface area contributed by atoms with Crippen molar-refractivity contribution in [3.8, 4) is 5.75 Å². The van der Waals surface area contributed by atoms with Crippen LogP contribution < -0.4 is 4.74 Å². The predicted octanol–water partition coefficient (Wildman–Crippen LogP) is 3.79. The Kier molecular flexibility index (Phi) is 8.55. The summed E-state index contributed by atoms with van der Waals surface area (Å²) in [5.74, 6) is 0.858. The van der Waals surface area contributed by atoms with E-state index in [-0.39, 0.29) is 12.4 Å². The molecule has 1 aromatic rings. The molecule has 1 aliphatic rings. The van der Waals surface area contributed by atoms with Crippen LogP contribution in [0.1, 0.15) is 24.0 Å². The number of unbranched alkanes of at least 4 members (excludes halogenated alkanes) is 1. The maximum absolute atomic E-state index is 6.21. The largest absolute Gasteiger partial charge is 0.492 e. The zero-order valence-corrected chi connectivity index (χ0v) is 15.5. The van der Waals surface area contributed by atoms with Crippen LogP contribution in [0.4, 0.5) is 0 Å². The molecule has 1 aromatic carbocycles. The second-order valence-electron chi connectivity index (χ2n) is 6.02. The molecule has 0 radical (unpaired) electrons. The molecule has 0 aromatic heterocycles. The highest BCUT2D eigenvalue weighted by molar-refractivity contribution is 6.32. The molecule has 22 heavy (non-hydrogen) atoms. The highest BCUT2D eigenvalue weighted by Crippen LogP contribution is 2.30. The van der Waals surface area contributed by atoms with E-state index in [0.29, 0.717) is 0 Å². The van der Waals surface area contributed by atoms with Crippen LogP contribution in [0.25, 0.3) is 0 Å². The van der Waals surface area contributed by atoms with Gasteiger partial charge < -0.3 is 14.5 Å². The lowest BCUT2D eigenvalue weighted by Crippen LogP contribution is -2.44. The fourth-order valence-electron chi connectivity index (χ4n) is 2.62. The first-order valence-corrected chi connectivity index (χ1v) is 8.25. The molecule has 2 rings (SSSR count). The van der Waals surface area contributed by atoms with E-state index in [4.69, 9.17) is 16.3 Å². The predicted molar refractivity (Wildman–Crippen MR) is 96.8 cm³/mol. The van der Waals surface area contributed by atoms with E-state index in [1.165, 1.54) is 44.7 Å². The highest BCUT2D eigenvalue weighted by atomic mass is 35.5. The Labute approximate surface area is 146 Å². The monoisotopic (exact) mass is 346 g/mol. The smallest absolute Gasteiger partial charge is 0.141 e. The lowest BCUT2D eigenvalue weighted by atomic mass is 10.1. The average molecular weight is 347 g/mol. The molecule has 1 saturated heterocycles. The fourth-order valence-corrected chi connectivity index (χ4v) is 2.88. The molecule has 0 atom stereocenters. The van der Waals surface area contributed by atoms with Gasteiger partial charge in [0.1, 0.15) is 5.75 Å². The van der Waals surface area contributed by atoms with Crippen molar-refractivity contribution < 1.29 is 4.74 Å². The number of likely N-dealkylation sites (N-methyl/N-ethyl adjacent to an activating group) is 1. The summed E-state index contributed by atoms with van der Waals surface area (Å²) in [7, 11) is 2.19. The fraction of sp³-hybridized carbons (Fsp3) is 0.647. The zero-order chi connectivity index (χ0) is 15.2. The van der Waals surface area contributed by atoms with Crippen LogP contribution in [0.5, 0.6) is 5.75 Å². The highest BCUT2D eigenvalue weighted by Gasteiger charge is 2.13. The first-order chi connectivity index (χ1) is 10.1. The third-order valence-corrected chi connectivity index (χ3v) is 4.64. The number of nitrogens with zero attached hydrogens (tertiary/aromatic N) is 2. The third kappa shape index (κ3) is 5.62. The summed E-state index contributed by atoms with van der Waals surface area (Å²) in [4.78, 5) is 4.94. The van der Waals surface area contributed by atoms with Crippen molar-refractivity contribution in [3.63, 3.8) is 0 Å². The number of benzene rings is 1. The Morgan fingerprint density at radius 2 is 1.77 bits per heavy atom. The lowest BCUT2D eigenvalue weighted by molar-refractivity contribution is 0.150. The Morgan fingerprint density at radius 3 is 2.45 bits per heavy atom. The minimum Gasteiger partial charge on any atom is -0.492 e. The minimum absolute atomic E-state index is 0. The maximum atomic E-state index is 6.21. The molecule has 3 nitrogen and oxygen atoms in total. The van der Waals surface area contributed by atoms with Gasteiger partial charge in [-0.05, 0) is 57.5 Å². The summed E-state index contributed by atoms with van der Waals surface area (Å²) in [6.07, 6.45) is 2.27. The minimum atomic E-state index is 0. The normalized spacial score (nSPS) is 16.4. The van der Waals surface area contributed by atoms with Crippen molar-refractivity contribution in [2.24, 2.45) is 0 Å². The molecule has 1 fully saturated rings. The summed E-state index contributed by atoms with van der Waals surface area (Å²) in [6, 6.07) is 3.96. The van der Waals surface area contributed by atoms with Crippen LogP contribution in [-0.4, -0.2) is 56.2 Å². The molecular weight excluding hydrogens is 319 g/mol. The molecule has 0 spiro atoms.